The van der Waals surface area contributed by atoms with Crippen molar-refractivity contribution in [1.29, 1.82) is 0 Å². The van der Waals surface area contributed by atoms with Gasteiger partial charge < -0.3 is 10.1 Å². The summed E-state index contributed by atoms with van der Waals surface area (Å²) >= 11 is 0. The molecule has 0 saturated carbocycles. The first kappa shape index (κ1) is 20.8. The monoisotopic (exact) mass is 383 g/mol. The molecule has 1 amide bonds. The maximum absolute atomic E-state index is 13.4. The van der Waals surface area contributed by atoms with Crippen molar-refractivity contribution in [2.75, 3.05) is 7.11 Å². The van der Waals surface area contributed by atoms with Gasteiger partial charge in [-0.25, -0.2) is 0 Å². The predicted octanol–water partition coefficient (Wildman–Crippen LogP) is 4.24. The number of benzene rings is 1. The van der Waals surface area contributed by atoms with E-state index in [0.29, 0.717) is 12.8 Å². The zero-order valence-corrected chi connectivity index (χ0v) is 15.8. The van der Waals surface area contributed by atoms with Gasteiger partial charge in [0.15, 0.2) is 5.69 Å². The number of nitrogens with zero attached hydrogens (tertiary/aromatic N) is 2. The molecular weight excluding hydrogens is 359 g/mol. The molecule has 0 aliphatic rings. The Labute approximate surface area is 156 Å². The van der Waals surface area contributed by atoms with Gasteiger partial charge in [-0.2, -0.15) is 18.3 Å². The smallest absolute Gasteiger partial charge is 0.433 e. The Kier molecular flexibility index (Phi) is 6.51. The lowest BCUT2D eigenvalue weighted by atomic mass is 10.1. The predicted molar refractivity (Wildman–Crippen MR) is 95.9 cm³/mol. The fourth-order valence-electron chi connectivity index (χ4n) is 2.75. The summed E-state index contributed by atoms with van der Waals surface area (Å²) in [5.41, 5.74) is -0.412. The molecule has 1 heterocycles. The van der Waals surface area contributed by atoms with Gasteiger partial charge in [0.05, 0.1) is 18.9 Å². The topological polar surface area (TPSA) is 56.1 Å². The van der Waals surface area contributed by atoms with Crippen LogP contribution in [0.3, 0.4) is 0 Å². The van der Waals surface area contributed by atoms with Crippen LogP contribution in [0.1, 0.15) is 54.8 Å². The number of halogens is 3. The number of ether oxygens (including phenoxy) is 1. The summed E-state index contributed by atoms with van der Waals surface area (Å²) in [4.78, 5) is 12.4. The number of aromatic nitrogens is 2. The van der Waals surface area contributed by atoms with Crippen LogP contribution >= 0.6 is 0 Å². The van der Waals surface area contributed by atoms with E-state index in [2.05, 4.69) is 10.4 Å². The fraction of sp³-hybridized carbons (Fsp3) is 0.474. The maximum atomic E-state index is 13.4. The molecule has 0 spiro atoms. The molecule has 0 aliphatic heterocycles. The first-order chi connectivity index (χ1) is 12.6. The van der Waals surface area contributed by atoms with E-state index in [4.69, 9.17) is 4.74 Å². The molecule has 1 N–H and O–H groups in total. The first-order valence-corrected chi connectivity index (χ1v) is 8.72. The number of carbonyl (C=O) groups is 1. The minimum atomic E-state index is -4.65. The third-order valence-corrected chi connectivity index (χ3v) is 4.20. The maximum Gasteiger partial charge on any atom is 0.433 e. The molecule has 0 fully saturated rings. The van der Waals surface area contributed by atoms with Crippen LogP contribution in [0.5, 0.6) is 5.75 Å². The summed E-state index contributed by atoms with van der Waals surface area (Å²) in [6, 6.07) is 6.73. The summed E-state index contributed by atoms with van der Waals surface area (Å²) in [6.07, 6.45) is -2.39. The average Bonchev–Trinajstić information content (AvgIpc) is 3.06. The summed E-state index contributed by atoms with van der Waals surface area (Å²) in [7, 11) is 1.59. The van der Waals surface area contributed by atoms with Gasteiger partial charge in [0.25, 0.3) is 5.91 Å². The quantitative estimate of drug-likeness (QED) is 0.778. The minimum Gasteiger partial charge on any atom is -0.497 e. The molecule has 0 bridgehead atoms. The molecule has 0 saturated heterocycles. The second-order valence-corrected chi connectivity index (χ2v) is 6.70. The summed E-state index contributed by atoms with van der Waals surface area (Å²) in [6.45, 7) is 4.93. The molecule has 5 nitrogen and oxygen atoms in total. The SMILES string of the molecule is COc1ccc(CCC(C)NC(=O)c2cnn(C(C)C)c2C(F)(F)F)cc1. The van der Waals surface area contributed by atoms with Crippen molar-refractivity contribution >= 4 is 5.91 Å². The lowest BCUT2D eigenvalue weighted by molar-refractivity contribution is -0.145. The highest BCUT2D eigenvalue weighted by Gasteiger charge is 2.40. The average molecular weight is 383 g/mol. The molecule has 1 aromatic heterocycles. The van der Waals surface area contributed by atoms with Crippen molar-refractivity contribution in [3.05, 3.63) is 47.3 Å². The van der Waals surface area contributed by atoms with Crippen molar-refractivity contribution < 1.29 is 22.7 Å². The molecule has 2 rings (SSSR count). The van der Waals surface area contributed by atoms with Crippen molar-refractivity contribution in [2.45, 2.75) is 51.9 Å². The standard InChI is InChI=1S/C19H24F3N3O2/c1-12(2)25-17(19(20,21)22)16(11-23-25)18(26)24-13(3)5-6-14-7-9-15(27-4)10-8-14/h7-13H,5-6H2,1-4H3,(H,24,26). The van der Waals surface area contributed by atoms with Gasteiger partial charge in [-0.05, 0) is 51.3 Å². The number of methoxy groups -OCH3 is 1. The van der Waals surface area contributed by atoms with Crippen molar-refractivity contribution in [3.8, 4) is 5.75 Å². The van der Waals surface area contributed by atoms with Gasteiger partial charge in [0.2, 0.25) is 0 Å². The largest absolute Gasteiger partial charge is 0.497 e. The molecule has 148 valence electrons. The van der Waals surface area contributed by atoms with Gasteiger partial charge in [0, 0.05) is 12.1 Å². The molecule has 8 heteroatoms. The number of hydrogen-bond donors (Lipinski definition) is 1. The lowest BCUT2D eigenvalue weighted by Crippen LogP contribution is -2.34. The Hall–Kier alpha value is -2.51. The first-order valence-electron chi connectivity index (χ1n) is 8.72. The van der Waals surface area contributed by atoms with Crippen LogP contribution in [0.2, 0.25) is 0 Å². The van der Waals surface area contributed by atoms with Crippen LogP contribution in [-0.4, -0.2) is 28.8 Å². The third-order valence-electron chi connectivity index (χ3n) is 4.20. The Morgan fingerprint density at radius 1 is 1.22 bits per heavy atom. The van der Waals surface area contributed by atoms with Crippen LogP contribution in [0.25, 0.3) is 0 Å². The van der Waals surface area contributed by atoms with E-state index in [0.717, 1.165) is 22.2 Å². The molecule has 1 aromatic carbocycles. The highest BCUT2D eigenvalue weighted by Crippen LogP contribution is 2.33. The van der Waals surface area contributed by atoms with Crippen molar-refractivity contribution in [1.82, 2.24) is 15.1 Å². The van der Waals surface area contributed by atoms with Gasteiger partial charge in [-0.3, -0.25) is 9.48 Å². The van der Waals surface area contributed by atoms with Gasteiger partial charge in [0.1, 0.15) is 5.75 Å². The molecule has 27 heavy (non-hydrogen) atoms. The van der Waals surface area contributed by atoms with Crippen molar-refractivity contribution in [2.24, 2.45) is 0 Å². The Balaban J connectivity index is 2.03. The lowest BCUT2D eigenvalue weighted by Gasteiger charge is -2.17. The van der Waals surface area contributed by atoms with Gasteiger partial charge >= 0.3 is 6.18 Å². The van der Waals surface area contributed by atoms with E-state index < -0.39 is 29.4 Å². The molecule has 1 unspecified atom stereocenters. The molecular formula is C19H24F3N3O2. The van der Waals surface area contributed by atoms with E-state index in [1.807, 2.05) is 24.3 Å². The minimum absolute atomic E-state index is 0.289. The fourth-order valence-corrected chi connectivity index (χ4v) is 2.75. The van der Waals surface area contributed by atoms with Crippen molar-refractivity contribution in [3.63, 3.8) is 0 Å². The van der Waals surface area contributed by atoms with Gasteiger partial charge in [-0.1, -0.05) is 12.1 Å². The Morgan fingerprint density at radius 2 is 1.85 bits per heavy atom. The normalized spacial score (nSPS) is 12.9. The van der Waals surface area contributed by atoms with Crippen LogP contribution in [0.15, 0.2) is 30.5 Å². The second-order valence-electron chi connectivity index (χ2n) is 6.70. The summed E-state index contributed by atoms with van der Waals surface area (Å²) in [5, 5.41) is 6.38. The number of amides is 1. The Bertz CT molecular complexity index is 767. The summed E-state index contributed by atoms with van der Waals surface area (Å²) in [5.74, 6) is -0.0154. The Morgan fingerprint density at radius 3 is 2.37 bits per heavy atom. The second kappa shape index (κ2) is 8.45. The van der Waals surface area contributed by atoms with Crippen LogP contribution in [0.4, 0.5) is 13.2 Å². The number of carbonyl (C=O) groups excluding carboxylic acids is 1. The zero-order chi connectivity index (χ0) is 20.2. The van der Waals surface area contributed by atoms with E-state index in [1.54, 1.807) is 27.9 Å². The summed E-state index contributed by atoms with van der Waals surface area (Å²) < 4.78 is 46.1. The van der Waals surface area contributed by atoms with Crippen LogP contribution in [-0.2, 0) is 12.6 Å². The molecule has 1 atom stereocenters. The number of hydrogen-bond acceptors (Lipinski definition) is 3. The number of aryl methyl sites for hydroxylation is 1. The third kappa shape index (κ3) is 5.24. The highest BCUT2D eigenvalue weighted by molar-refractivity contribution is 5.95. The number of nitrogens with one attached hydrogen (secondary N) is 1. The zero-order valence-electron chi connectivity index (χ0n) is 15.8. The van der Waals surface area contributed by atoms with E-state index in [9.17, 15) is 18.0 Å². The van der Waals surface area contributed by atoms with E-state index >= 15 is 0 Å². The van der Waals surface area contributed by atoms with Crippen LogP contribution in [0, 0.1) is 0 Å². The molecule has 0 radical (unpaired) electrons. The van der Waals surface area contributed by atoms with Gasteiger partial charge in [-0.15, -0.1) is 0 Å². The number of rotatable bonds is 7. The molecule has 2 aromatic rings. The highest BCUT2D eigenvalue weighted by atomic mass is 19.4. The number of alkyl halides is 3. The molecule has 0 aliphatic carbocycles. The van der Waals surface area contributed by atoms with E-state index in [1.165, 1.54) is 0 Å². The van der Waals surface area contributed by atoms with E-state index in [-0.39, 0.29) is 6.04 Å². The van der Waals surface area contributed by atoms with Crippen LogP contribution < -0.4 is 10.1 Å².